The van der Waals surface area contributed by atoms with E-state index in [0.717, 1.165) is 31.3 Å². The summed E-state index contributed by atoms with van der Waals surface area (Å²) in [5, 5.41) is 12.8. The molecule has 1 heterocycles. The molecule has 11 heavy (non-hydrogen) atoms. The van der Waals surface area contributed by atoms with Crippen LogP contribution in [0.1, 0.15) is 26.7 Å². The molecule has 0 aromatic heterocycles. The number of allylic oxidation sites excluding steroid dienone is 1. The van der Waals surface area contributed by atoms with Crippen molar-refractivity contribution in [3.63, 3.8) is 0 Å². The predicted molar refractivity (Wildman–Crippen MR) is 43.7 cm³/mol. The number of nitrogens with zero attached hydrogens (tertiary/aromatic N) is 1. The molecule has 1 fully saturated rings. The molecule has 4 heteroatoms. The molecular formula is C7H14N2O2. The highest BCUT2D eigenvalue weighted by Crippen LogP contribution is 2.07. The van der Waals surface area contributed by atoms with E-state index in [-0.39, 0.29) is 0 Å². The van der Waals surface area contributed by atoms with Crippen LogP contribution in [0.2, 0.25) is 0 Å². The Bertz CT molecular complexity index is 147. The van der Waals surface area contributed by atoms with Gasteiger partial charge in [0.1, 0.15) is 0 Å². The standard InChI is InChI=1S/C5H8N2O2.C2H6/c8-7(9)4-5-2-1-3-6-5;1-2/h4,6H,1-3H2;1-2H3. The monoisotopic (exact) mass is 158 g/mol. The van der Waals surface area contributed by atoms with Crippen molar-refractivity contribution in [2.24, 2.45) is 0 Å². The van der Waals surface area contributed by atoms with Crippen LogP contribution in [0, 0.1) is 10.1 Å². The molecule has 1 aliphatic rings. The zero-order chi connectivity index (χ0) is 8.69. The minimum absolute atomic E-state index is 0.423. The van der Waals surface area contributed by atoms with E-state index in [1.54, 1.807) is 0 Å². The molecule has 0 aliphatic carbocycles. The van der Waals surface area contributed by atoms with Gasteiger partial charge in [-0.2, -0.15) is 0 Å². The normalized spacial score (nSPS) is 18.5. The highest BCUT2D eigenvalue weighted by Gasteiger charge is 2.07. The van der Waals surface area contributed by atoms with E-state index in [9.17, 15) is 10.1 Å². The van der Waals surface area contributed by atoms with Crippen LogP contribution in [0.5, 0.6) is 0 Å². The molecular weight excluding hydrogens is 144 g/mol. The first-order valence-corrected chi connectivity index (χ1v) is 3.87. The second kappa shape index (κ2) is 5.70. The molecule has 0 radical (unpaired) electrons. The summed E-state index contributed by atoms with van der Waals surface area (Å²) in [5.41, 5.74) is 0.750. The fourth-order valence-corrected chi connectivity index (χ4v) is 0.854. The smallest absolute Gasteiger partial charge is 0.253 e. The Morgan fingerprint density at radius 2 is 2.27 bits per heavy atom. The molecule has 1 N–H and O–H groups in total. The molecule has 1 saturated heterocycles. The van der Waals surface area contributed by atoms with Gasteiger partial charge in [-0.25, -0.2) is 0 Å². The van der Waals surface area contributed by atoms with E-state index in [4.69, 9.17) is 0 Å². The fraction of sp³-hybridized carbons (Fsp3) is 0.714. The topological polar surface area (TPSA) is 55.2 Å². The number of nitrogens with one attached hydrogen (secondary N) is 1. The van der Waals surface area contributed by atoms with Crippen LogP contribution in [0.15, 0.2) is 11.9 Å². The van der Waals surface area contributed by atoms with Crippen LogP contribution in [0.25, 0.3) is 0 Å². The Morgan fingerprint density at radius 3 is 2.64 bits per heavy atom. The third kappa shape index (κ3) is 4.36. The summed E-state index contributed by atoms with van der Waals surface area (Å²) >= 11 is 0. The van der Waals surface area contributed by atoms with Crippen LogP contribution >= 0.6 is 0 Å². The molecule has 0 aromatic carbocycles. The Hall–Kier alpha value is -1.06. The summed E-state index contributed by atoms with van der Waals surface area (Å²) in [5.74, 6) is 0. The average Bonchev–Trinajstić information content (AvgIpc) is 2.43. The molecule has 1 rings (SSSR count). The van der Waals surface area contributed by atoms with E-state index in [1.807, 2.05) is 13.8 Å². The SMILES string of the molecule is CC.O=[N+]([O-])C=C1CCCN1. The summed E-state index contributed by atoms with van der Waals surface area (Å²) in [6.45, 7) is 4.87. The summed E-state index contributed by atoms with van der Waals surface area (Å²) in [6, 6.07) is 0. The molecule has 4 nitrogen and oxygen atoms in total. The largest absolute Gasteiger partial charge is 0.383 e. The second-order valence-electron chi connectivity index (χ2n) is 1.97. The van der Waals surface area contributed by atoms with E-state index in [2.05, 4.69) is 5.32 Å². The molecule has 0 amide bonds. The molecule has 64 valence electrons. The van der Waals surface area contributed by atoms with E-state index < -0.39 is 4.92 Å². The number of nitro groups is 1. The summed E-state index contributed by atoms with van der Waals surface area (Å²) in [6.07, 6.45) is 2.87. The van der Waals surface area contributed by atoms with Gasteiger partial charge in [0, 0.05) is 6.54 Å². The lowest BCUT2D eigenvalue weighted by molar-refractivity contribution is -0.403. The summed E-state index contributed by atoms with van der Waals surface area (Å²) in [7, 11) is 0. The van der Waals surface area contributed by atoms with Gasteiger partial charge in [-0.15, -0.1) is 0 Å². The lowest BCUT2D eigenvalue weighted by atomic mass is 10.3. The lowest BCUT2D eigenvalue weighted by Gasteiger charge is -1.89. The maximum atomic E-state index is 9.84. The number of hydrogen-bond donors (Lipinski definition) is 1. The van der Waals surface area contributed by atoms with Gasteiger partial charge < -0.3 is 5.32 Å². The van der Waals surface area contributed by atoms with Crippen molar-refractivity contribution in [2.45, 2.75) is 26.7 Å². The van der Waals surface area contributed by atoms with Crippen molar-refractivity contribution in [2.75, 3.05) is 6.54 Å². The highest BCUT2D eigenvalue weighted by atomic mass is 16.6. The Morgan fingerprint density at radius 1 is 1.64 bits per heavy atom. The Labute approximate surface area is 66.4 Å². The van der Waals surface area contributed by atoms with Gasteiger partial charge in [0.05, 0.1) is 10.6 Å². The first kappa shape index (κ1) is 9.94. The zero-order valence-corrected chi connectivity index (χ0v) is 6.96. The quantitative estimate of drug-likeness (QED) is 0.465. The lowest BCUT2D eigenvalue weighted by Crippen LogP contribution is -2.05. The first-order chi connectivity index (χ1) is 5.29. The van der Waals surface area contributed by atoms with E-state index in [0.29, 0.717) is 0 Å². The van der Waals surface area contributed by atoms with Crippen LogP contribution in [0.4, 0.5) is 0 Å². The van der Waals surface area contributed by atoms with Crippen LogP contribution in [-0.2, 0) is 0 Å². The second-order valence-corrected chi connectivity index (χ2v) is 1.97. The third-order valence-electron chi connectivity index (χ3n) is 1.24. The highest BCUT2D eigenvalue weighted by molar-refractivity contribution is 4.99. The fourth-order valence-electron chi connectivity index (χ4n) is 0.854. The summed E-state index contributed by atoms with van der Waals surface area (Å²) in [4.78, 5) is 9.42. The van der Waals surface area contributed by atoms with Crippen LogP contribution in [0.3, 0.4) is 0 Å². The molecule has 0 bridgehead atoms. The van der Waals surface area contributed by atoms with Crippen molar-refractivity contribution < 1.29 is 4.92 Å². The Kier molecular flexibility index (Phi) is 5.15. The van der Waals surface area contributed by atoms with Crippen molar-refractivity contribution in [1.29, 1.82) is 0 Å². The maximum absolute atomic E-state index is 9.84. The van der Waals surface area contributed by atoms with Gasteiger partial charge in [0.15, 0.2) is 0 Å². The number of rotatable bonds is 1. The first-order valence-electron chi connectivity index (χ1n) is 3.87. The molecule has 0 saturated carbocycles. The van der Waals surface area contributed by atoms with E-state index >= 15 is 0 Å². The predicted octanol–water partition coefficient (Wildman–Crippen LogP) is 1.51. The van der Waals surface area contributed by atoms with Crippen molar-refractivity contribution >= 4 is 0 Å². The molecule has 0 atom stereocenters. The van der Waals surface area contributed by atoms with Gasteiger partial charge in [0.25, 0.3) is 6.20 Å². The van der Waals surface area contributed by atoms with Gasteiger partial charge in [0.2, 0.25) is 0 Å². The molecule has 1 aliphatic heterocycles. The summed E-state index contributed by atoms with van der Waals surface area (Å²) < 4.78 is 0. The van der Waals surface area contributed by atoms with Crippen LogP contribution < -0.4 is 5.32 Å². The van der Waals surface area contributed by atoms with Gasteiger partial charge in [-0.3, -0.25) is 10.1 Å². The number of hydrogen-bond acceptors (Lipinski definition) is 3. The van der Waals surface area contributed by atoms with Gasteiger partial charge >= 0.3 is 0 Å². The van der Waals surface area contributed by atoms with E-state index in [1.165, 1.54) is 0 Å². The van der Waals surface area contributed by atoms with Gasteiger partial charge in [-0.05, 0) is 12.8 Å². The van der Waals surface area contributed by atoms with Gasteiger partial charge in [-0.1, -0.05) is 13.8 Å². The Balaban J connectivity index is 0.000000461. The minimum Gasteiger partial charge on any atom is -0.383 e. The molecule has 0 unspecified atom stereocenters. The average molecular weight is 158 g/mol. The minimum atomic E-state index is -0.423. The van der Waals surface area contributed by atoms with Crippen molar-refractivity contribution in [3.05, 3.63) is 22.0 Å². The molecule has 0 spiro atoms. The van der Waals surface area contributed by atoms with Crippen LogP contribution in [-0.4, -0.2) is 11.5 Å². The maximum Gasteiger partial charge on any atom is 0.253 e. The van der Waals surface area contributed by atoms with Crippen molar-refractivity contribution in [3.8, 4) is 0 Å². The zero-order valence-electron chi connectivity index (χ0n) is 6.96. The third-order valence-corrected chi connectivity index (χ3v) is 1.24. The molecule has 0 aromatic rings. The van der Waals surface area contributed by atoms with Crippen molar-refractivity contribution in [1.82, 2.24) is 5.32 Å².